The van der Waals surface area contributed by atoms with Crippen molar-refractivity contribution in [3.63, 3.8) is 0 Å². The van der Waals surface area contributed by atoms with Gasteiger partial charge < -0.3 is 4.57 Å². The molecule has 134 valence electrons. The molecule has 0 spiro atoms. The van der Waals surface area contributed by atoms with Gasteiger partial charge in [0.25, 0.3) is 11.5 Å². The highest BCUT2D eigenvalue weighted by atomic mass is 32.1. The molecule has 1 amide bonds. The first-order valence-corrected chi connectivity index (χ1v) is 9.02. The zero-order valence-electron chi connectivity index (χ0n) is 14.1. The number of carbonyl (C=O) groups excluding carboxylic acids is 1. The highest BCUT2D eigenvalue weighted by molar-refractivity contribution is 7.22. The highest BCUT2D eigenvalue weighted by Crippen LogP contribution is 2.25. The number of rotatable bonds is 4. The molecule has 2 aromatic heterocycles. The second-order valence-electron chi connectivity index (χ2n) is 5.92. The van der Waals surface area contributed by atoms with Gasteiger partial charge in [-0.3, -0.25) is 14.9 Å². The summed E-state index contributed by atoms with van der Waals surface area (Å²) < 4.78 is 15.4. The van der Waals surface area contributed by atoms with Crippen LogP contribution in [0.25, 0.3) is 10.2 Å². The number of amides is 1. The molecule has 1 N–H and O–H groups in total. The fraction of sp³-hybridized carbons (Fsp3) is 0.0500. The molecule has 0 aliphatic rings. The Labute approximate surface area is 157 Å². The number of nitrogens with zero attached hydrogens (tertiary/aromatic N) is 2. The molecule has 0 fully saturated rings. The van der Waals surface area contributed by atoms with Crippen LogP contribution in [-0.2, 0) is 6.54 Å². The molecular formula is C20H14FN3O2S. The third-order valence-electron chi connectivity index (χ3n) is 4.05. The number of nitrogens with one attached hydrogen (secondary N) is 1. The van der Waals surface area contributed by atoms with Crippen molar-refractivity contribution in [2.24, 2.45) is 0 Å². The monoisotopic (exact) mass is 379 g/mol. The number of benzene rings is 2. The second kappa shape index (κ2) is 7.13. The average Bonchev–Trinajstić information content (AvgIpc) is 3.07. The Bertz CT molecular complexity index is 1150. The van der Waals surface area contributed by atoms with Crippen molar-refractivity contribution in [1.82, 2.24) is 9.55 Å². The van der Waals surface area contributed by atoms with Crippen LogP contribution in [0.3, 0.4) is 0 Å². The number of thiazole rings is 1. The average molecular weight is 379 g/mol. The summed E-state index contributed by atoms with van der Waals surface area (Å²) >= 11 is 1.35. The van der Waals surface area contributed by atoms with Gasteiger partial charge in [0.1, 0.15) is 11.4 Å². The predicted molar refractivity (Wildman–Crippen MR) is 104 cm³/mol. The lowest BCUT2D eigenvalue weighted by Crippen LogP contribution is -2.29. The molecule has 0 bridgehead atoms. The van der Waals surface area contributed by atoms with E-state index in [1.54, 1.807) is 24.4 Å². The predicted octanol–water partition coefficient (Wildman–Crippen LogP) is 3.90. The van der Waals surface area contributed by atoms with E-state index in [1.165, 1.54) is 34.1 Å². The summed E-state index contributed by atoms with van der Waals surface area (Å²) in [4.78, 5) is 29.6. The molecule has 0 aliphatic carbocycles. The summed E-state index contributed by atoms with van der Waals surface area (Å²) in [5.74, 6) is -0.845. The van der Waals surface area contributed by atoms with Gasteiger partial charge in [-0.2, -0.15) is 0 Å². The smallest absolute Gasteiger partial charge is 0.263 e. The Morgan fingerprint density at radius 2 is 1.85 bits per heavy atom. The molecule has 4 rings (SSSR count). The van der Waals surface area contributed by atoms with Gasteiger partial charge in [-0.05, 0) is 42.0 Å². The molecule has 27 heavy (non-hydrogen) atoms. The van der Waals surface area contributed by atoms with Crippen LogP contribution in [0.4, 0.5) is 9.52 Å². The quantitative estimate of drug-likeness (QED) is 0.585. The largest absolute Gasteiger partial charge is 0.310 e. The molecule has 0 unspecified atom stereocenters. The number of anilines is 1. The molecule has 4 aromatic rings. The number of hydrogen-bond acceptors (Lipinski definition) is 4. The lowest BCUT2D eigenvalue weighted by molar-refractivity contribution is 0.102. The maximum absolute atomic E-state index is 13.0. The minimum atomic E-state index is -0.507. The van der Waals surface area contributed by atoms with E-state index in [2.05, 4.69) is 10.3 Å². The Hall–Kier alpha value is -3.32. The zero-order valence-corrected chi connectivity index (χ0v) is 14.9. The molecule has 7 heteroatoms. The molecule has 0 saturated heterocycles. The maximum atomic E-state index is 13.0. The fourth-order valence-electron chi connectivity index (χ4n) is 2.71. The number of pyridine rings is 1. The minimum absolute atomic E-state index is 0.0267. The molecule has 0 radical (unpaired) electrons. The van der Waals surface area contributed by atoms with E-state index in [-0.39, 0.29) is 17.9 Å². The van der Waals surface area contributed by atoms with Gasteiger partial charge in [0.05, 0.1) is 16.8 Å². The summed E-state index contributed by atoms with van der Waals surface area (Å²) in [7, 11) is 0. The van der Waals surface area contributed by atoms with Crippen LogP contribution >= 0.6 is 11.3 Å². The van der Waals surface area contributed by atoms with Gasteiger partial charge in [0, 0.05) is 6.20 Å². The minimum Gasteiger partial charge on any atom is -0.310 e. The zero-order chi connectivity index (χ0) is 18.8. The molecule has 2 aromatic carbocycles. The number of carbonyl (C=O) groups is 1. The van der Waals surface area contributed by atoms with Crippen molar-refractivity contribution in [2.75, 3.05) is 5.32 Å². The van der Waals surface area contributed by atoms with Gasteiger partial charge in [0.2, 0.25) is 0 Å². The van der Waals surface area contributed by atoms with Gasteiger partial charge in [-0.15, -0.1) is 0 Å². The SMILES string of the molecule is O=C(Nc1nc2ccccc2s1)c1cccn(Cc2ccc(F)cc2)c1=O. The van der Waals surface area contributed by atoms with Gasteiger partial charge in [-0.1, -0.05) is 35.6 Å². The van der Waals surface area contributed by atoms with Gasteiger partial charge in [-0.25, -0.2) is 9.37 Å². The molecule has 0 saturated carbocycles. The van der Waals surface area contributed by atoms with Crippen LogP contribution in [0, 0.1) is 5.82 Å². The molecule has 2 heterocycles. The Morgan fingerprint density at radius 3 is 2.63 bits per heavy atom. The summed E-state index contributed by atoms with van der Waals surface area (Å²) in [6, 6.07) is 16.6. The summed E-state index contributed by atoms with van der Waals surface area (Å²) in [5, 5.41) is 3.13. The summed E-state index contributed by atoms with van der Waals surface area (Å²) in [6.07, 6.45) is 1.60. The Morgan fingerprint density at radius 1 is 1.07 bits per heavy atom. The third kappa shape index (κ3) is 3.63. The topological polar surface area (TPSA) is 64.0 Å². The van der Waals surface area contributed by atoms with E-state index in [4.69, 9.17) is 0 Å². The van der Waals surface area contributed by atoms with Gasteiger partial charge in [0.15, 0.2) is 5.13 Å². The van der Waals surface area contributed by atoms with Crippen LogP contribution in [0.1, 0.15) is 15.9 Å². The standard InChI is InChI=1S/C20H14FN3O2S/c21-14-9-7-13(8-10-14)12-24-11-3-4-15(19(24)26)18(25)23-20-22-16-5-1-2-6-17(16)27-20/h1-11H,12H2,(H,22,23,25). The fourth-order valence-corrected chi connectivity index (χ4v) is 3.57. The Kier molecular flexibility index (Phi) is 4.52. The van der Waals surface area contributed by atoms with E-state index >= 15 is 0 Å². The molecule has 0 aliphatic heterocycles. The first-order valence-electron chi connectivity index (χ1n) is 8.21. The van der Waals surface area contributed by atoms with Crippen molar-refractivity contribution in [1.29, 1.82) is 0 Å². The van der Waals surface area contributed by atoms with E-state index in [9.17, 15) is 14.0 Å². The molecule has 5 nitrogen and oxygen atoms in total. The number of aromatic nitrogens is 2. The summed E-state index contributed by atoms with van der Waals surface area (Å²) in [6.45, 7) is 0.251. The number of halogens is 1. The van der Waals surface area contributed by atoms with E-state index in [1.807, 2.05) is 24.3 Å². The van der Waals surface area contributed by atoms with Crippen molar-refractivity contribution in [2.45, 2.75) is 6.54 Å². The van der Waals surface area contributed by atoms with E-state index < -0.39 is 11.5 Å². The molecule has 0 atom stereocenters. The van der Waals surface area contributed by atoms with Gasteiger partial charge >= 0.3 is 0 Å². The summed E-state index contributed by atoms with van der Waals surface area (Å²) in [5.41, 5.74) is 1.17. The number of hydrogen-bond donors (Lipinski definition) is 1. The van der Waals surface area contributed by atoms with Crippen molar-refractivity contribution < 1.29 is 9.18 Å². The van der Waals surface area contributed by atoms with Crippen molar-refractivity contribution >= 4 is 32.6 Å². The second-order valence-corrected chi connectivity index (χ2v) is 6.95. The van der Waals surface area contributed by atoms with Crippen LogP contribution in [-0.4, -0.2) is 15.5 Å². The third-order valence-corrected chi connectivity index (χ3v) is 5.00. The first-order chi connectivity index (χ1) is 13.1. The van der Waals surface area contributed by atoms with Crippen LogP contribution < -0.4 is 10.9 Å². The lowest BCUT2D eigenvalue weighted by atomic mass is 10.2. The molecular weight excluding hydrogens is 365 g/mol. The van der Waals surface area contributed by atoms with E-state index in [0.717, 1.165) is 15.8 Å². The first kappa shape index (κ1) is 17.1. The van der Waals surface area contributed by atoms with Crippen LogP contribution in [0.15, 0.2) is 71.7 Å². The number of para-hydroxylation sites is 1. The van der Waals surface area contributed by atoms with Crippen LogP contribution in [0.2, 0.25) is 0 Å². The van der Waals surface area contributed by atoms with Crippen molar-refractivity contribution in [3.05, 3.63) is 94.2 Å². The Balaban J connectivity index is 1.58. The highest BCUT2D eigenvalue weighted by Gasteiger charge is 2.14. The van der Waals surface area contributed by atoms with E-state index in [0.29, 0.717) is 5.13 Å². The number of fused-ring (bicyclic) bond motifs is 1. The normalized spacial score (nSPS) is 10.9. The van der Waals surface area contributed by atoms with Crippen LogP contribution in [0.5, 0.6) is 0 Å². The maximum Gasteiger partial charge on any atom is 0.263 e. The lowest BCUT2D eigenvalue weighted by Gasteiger charge is -2.08. The van der Waals surface area contributed by atoms with Crippen molar-refractivity contribution in [3.8, 4) is 0 Å².